The van der Waals surface area contributed by atoms with Crippen LogP contribution in [0.25, 0.3) is 27.8 Å². The molecule has 130 valence electrons. The molecule has 0 aliphatic carbocycles. The number of benzene rings is 2. The molecule has 2 heterocycles. The van der Waals surface area contributed by atoms with E-state index in [1.54, 1.807) is 11.8 Å². The number of tetrazole rings is 1. The highest BCUT2D eigenvalue weighted by molar-refractivity contribution is 9.10. The fourth-order valence-corrected chi connectivity index (χ4v) is 3.13. The Morgan fingerprint density at radius 2 is 1.96 bits per heavy atom. The van der Waals surface area contributed by atoms with Gasteiger partial charge in [0, 0.05) is 21.5 Å². The van der Waals surface area contributed by atoms with Gasteiger partial charge in [0.05, 0.1) is 24.0 Å². The number of methoxy groups -OCH3 is 1. The predicted octanol–water partition coefficient (Wildman–Crippen LogP) is 2.93. The number of nitrogen functional groups attached to an aromatic ring is 1. The van der Waals surface area contributed by atoms with Crippen LogP contribution in [0.15, 0.2) is 40.9 Å². The SMILES string of the molecule is COc1cc(-c2nc(N)nc3ccc(Br)cc23)cc(-n2nnnc2C)c1. The highest BCUT2D eigenvalue weighted by Gasteiger charge is 2.14. The fraction of sp³-hybridized carbons (Fsp3) is 0.118. The van der Waals surface area contributed by atoms with Crippen molar-refractivity contribution in [3.63, 3.8) is 0 Å². The van der Waals surface area contributed by atoms with Gasteiger partial charge in [-0.2, -0.15) is 4.68 Å². The van der Waals surface area contributed by atoms with Crippen LogP contribution < -0.4 is 10.5 Å². The summed E-state index contributed by atoms with van der Waals surface area (Å²) in [6.07, 6.45) is 0. The summed E-state index contributed by atoms with van der Waals surface area (Å²) < 4.78 is 8.02. The molecule has 0 aliphatic rings. The molecule has 0 aliphatic heterocycles. The second-order valence-corrected chi connectivity index (χ2v) is 6.57. The molecule has 0 amide bonds. The van der Waals surface area contributed by atoms with Gasteiger partial charge in [0.25, 0.3) is 0 Å². The van der Waals surface area contributed by atoms with E-state index in [9.17, 15) is 0 Å². The molecule has 2 aromatic carbocycles. The summed E-state index contributed by atoms with van der Waals surface area (Å²) in [7, 11) is 1.61. The first-order chi connectivity index (χ1) is 12.5. The van der Waals surface area contributed by atoms with Crippen LogP contribution in [-0.4, -0.2) is 37.3 Å². The van der Waals surface area contributed by atoms with Gasteiger partial charge in [0.2, 0.25) is 5.95 Å². The van der Waals surface area contributed by atoms with Crippen molar-refractivity contribution in [2.75, 3.05) is 12.8 Å². The van der Waals surface area contributed by atoms with Crippen LogP contribution >= 0.6 is 15.9 Å². The van der Waals surface area contributed by atoms with Crippen molar-refractivity contribution in [3.05, 3.63) is 46.7 Å². The molecule has 4 aromatic rings. The largest absolute Gasteiger partial charge is 0.497 e. The summed E-state index contributed by atoms with van der Waals surface area (Å²) in [4.78, 5) is 8.77. The number of halogens is 1. The minimum Gasteiger partial charge on any atom is -0.497 e. The number of hydrogen-bond acceptors (Lipinski definition) is 7. The second-order valence-electron chi connectivity index (χ2n) is 5.65. The predicted molar refractivity (Wildman–Crippen MR) is 101 cm³/mol. The molecule has 0 bridgehead atoms. The molecule has 0 spiro atoms. The molecule has 0 unspecified atom stereocenters. The molecule has 9 heteroatoms. The van der Waals surface area contributed by atoms with Gasteiger partial charge in [-0.3, -0.25) is 0 Å². The first-order valence-electron chi connectivity index (χ1n) is 7.73. The molecule has 0 atom stereocenters. The monoisotopic (exact) mass is 411 g/mol. The Labute approximate surface area is 157 Å². The molecular formula is C17H14BrN7O. The molecule has 8 nitrogen and oxygen atoms in total. The third-order valence-electron chi connectivity index (χ3n) is 3.95. The van der Waals surface area contributed by atoms with Crippen molar-refractivity contribution in [1.82, 2.24) is 30.2 Å². The average molecular weight is 412 g/mol. The van der Waals surface area contributed by atoms with Crippen molar-refractivity contribution in [2.45, 2.75) is 6.92 Å². The van der Waals surface area contributed by atoms with E-state index >= 15 is 0 Å². The Morgan fingerprint density at radius 1 is 1.12 bits per heavy atom. The Morgan fingerprint density at radius 3 is 2.69 bits per heavy atom. The molecule has 0 saturated carbocycles. The van der Waals surface area contributed by atoms with Gasteiger partial charge in [-0.25, -0.2) is 9.97 Å². The maximum atomic E-state index is 5.92. The third-order valence-corrected chi connectivity index (χ3v) is 4.44. The fourth-order valence-electron chi connectivity index (χ4n) is 2.77. The van der Waals surface area contributed by atoms with Gasteiger partial charge in [-0.05, 0) is 47.7 Å². The van der Waals surface area contributed by atoms with Crippen LogP contribution in [0.1, 0.15) is 5.82 Å². The molecule has 0 saturated heterocycles. The van der Waals surface area contributed by atoms with Crippen LogP contribution in [0, 0.1) is 6.92 Å². The van der Waals surface area contributed by atoms with E-state index in [-0.39, 0.29) is 5.95 Å². The van der Waals surface area contributed by atoms with E-state index in [1.165, 1.54) is 0 Å². The zero-order chi connectivity index (χ0) is 18.3. The number of aryl methyl sites for hydroxylation is 1. The lowest BCUT2D eigenvalue weighted by Gasteiger charge is -2.11. The van der Waals surface area contributed by atoms with Gasteiger partial charge in [0.15, 0.2) is 5.82 Å². The quantitative estimate of drug-likeness (QED) is 0.552. The normalized spacial score (nSPS) is 11.0. The number of ether oxygens (including phenoxy) is 1. The molecule has 2 N–H and O–H groups in total. The minimum atomic E-state index is 0.206. The van der Waals surface area contributed by atoms with E-state index in [1.807, 2.05) is 43.3 Å². The van der Waals surface area contributed by atoms with E-state index in [0.29, 0.717) is 17.3 Å². The minimum absolute atomic E-state index is 0.206. The third kappa shape index (κ3) is 2.86. The van der Waals surface area contributed by atoms with Crippen LogP contribution in [0.4, 0.5) is 5.95 Å². The number of nitrogens with zero attached hydrogens (tertiary/aromatic N) is 6. The first kappa shape index (κ1) is 16.4. The Hall–Kier alpha value is -3.07. The molecule has 0 fully saturated rings. The molecule has 26 heavy (non-hydrogen) atoms. The van der Waals surface area contributed by atoms with Crippen LogP contribution in [0.5, 0.6) is 5.75 Å². The topological polar surface area (TPSA) is 105 Å². The molecule has 2 aromatic heterocycles. The standard InChI is InChI=1S/C17H14BrN7O/c1-9-22-23-24-25(9)12-5-10(6-13(8-12)26-2)16-14-7-11(18)3-4-15(14)20-17(19)21-16/h3-8H,1-2H3,(H2,19,20,21). The van der Waals surface area contributed by atoms with E-state index in [4.69, 9.17) is 10.5 Å². The number of aromatic nitrogens is 6. The van der Waals surface area contributed by atoms with Crippen molar-refractivity contribution in [1.29, 1.82) is 0 Å². The lowest BCUT2D eigenvalue weighted by atomic mass is 10.1. The zero-order valence-electron chi connectivity index (χ0n) is 14.0. The highest BCUT2D eigenvalue weighted by atomic mass is 79.9. The van der Waals surface area contributed by atoms with Crippen molar-refractivity contribution >= 4 is 32.8 Å². The summed E-state index contributed by atoms with van der Waals surface area (Å²) >= 11 is 3.50. The summed E-state index contributed by atoms with van der Waals surface area (Å²) in [5.74, 6) is 1.53. The van der Waals surface area contributed by atoms with Gasteiger partial charge < -0.3 is 10.5 Å². The Balaban J connectivity index is 2.00. The molecule has 0 radical (unpaired) electrons. The van der Waals surface area contributed by atoms with E-state index in [0.717, 1.165) is 26.6 Å². The maximum absolute atomic E-state index is 5.92. The van der Waals surface area contributed by atoms with E-state index < -0.39 is 0 Å². The average Bonchev–Trinajstić information content (AvgIpc) is 3.07. The van der Waals surface area contributed by atoms with E-state index in [2.05, 4.69) is 41.4 Å². The number of hydrogen-bond donors (Lipinski definition) is 1. The van der Waals surface area contributed by atoms with Gasteiger partial charge in [0.1, 0.15) is 5.75 Å². The first-order valence-corrected chi connectivity index (χ1v) is 8.52. The van der Waals surface area contributed by atoms with Crippen molar-refractivity contribution in [2.24, 2.45) is 0 Å². The molecule has 4 rings (SSSR count). The number of rotatable bonds is 3. The second kappa shape index (κ2) is 6.34. The maximum Gasteiger partial charge on any atom is 0.221 e. The number of anilines is 1. The lowest BCUT2D eigenvalue weighted by Crippen LogP contribution is -2.02. The van der Waals surface area contributed by atoms with Crippen molar-refractivity contribution < 1.29 is 4.74 Å². The Bertz CT molecular complexity index is 1130. The zero-order valence-corrected chi connectivity index (χ0v) is 15.6. The van der Waals surface area contributed by atoms with Gasteiger partial charge in [-0.15, -0.1) is 5.10 Å². The van der Waals surface area contributed by atoms with Crippen LogP contribution in [-0.2, 0) is 0 Å². The smallest absolute Gasteiger partial charge is 0.221 e. The summed E-state index contributed by atoms with van der Waals surface area (Å²) in [5.41, 5.74) is 8.99. The number of nitrogens with two attached hydrogens (primary N) is 1. The van der Waals surface area contributed by atoms with Gasteiger partial charge in [-0.1, -0.05) is 15.9 Å². The summed E-state index contributed by atoms with van der Waals surface area (Å²) in [6.45, 7) is 1.83. The Kier molecular flexibility index (Phi) is 4.00. The summed E-state index contributed by atoms with van der Waals surface area (Å²) in [5, 5.41) is 12.5. The van der Waals surface area contributed by atoms with Gasteiger partial charge >= 0.3 is 0 Å². The van der Waals surface area contributed by atoms with Crippen molar-refractivity contribution in [3.8, 4) is 22.7 Å². The van der Waals surface area contributed by atoms with Crippen LogP contribution in [0.3, 0.4) is 0 Å². The lowest BCUT2D eigenvalue weighted by molar-refractivity contribution is 0.414. The van der Waals surface area contributed by atoms with Crippen LogP contribution in [0.2, 0.25) is 0 Å². The molecular weight excluding hydrogens is 398 g/mol. The highest BCUT2D eigenvalue weighted by Crippen LogP contribution is 2.32. The summed E-state index contributed by atoms with van der Waals surface area (Å²) in [6, 6.07) is 11.5. The number of fused-ring (bicyclic) bond motifs is 1.